The molecule has 1 aromatic heterocycles. The van der Waals surface area contributed by atoms with Gasteiger partial charge in [-0.05, 0) is 54.3 Å². The fourth-order valence-electron chi connectivity index (χ4n) is 3.48. The van der Waals surface area contributed by atoms with Gasteiger partial charge in [0.2, 0.25) is 5.91 Å². The van der Waals surface area contributed by atoms with Crippen LogP contribution >= 0.6 is 0 Å². The fourth-order valence-corrected chi connectivity index (χ4v) is 3.48. The number of H-pyrrole nitrogens is 1. The number of carbonyl (C=O) groups excluding carboxylic acids is 1. The van der Waals surface area contributed by atoms with Gasteiger partial charge in [-0.15, -0.1) is 0 Å². The van der Waals surface area contributed by atoms with Crippen molar-refractivity contribution in [3.63, 3.8) is 0 Å². The van der Waals surface area contributed by atoms with E-state index in [1.807, 2.05) is 24.4 Å². The summed E-state index contributed by atoms with van der Waals surface area (Å²) in [5.41, 5.74) is 3.10. The van der Waals surface area contributed by atoms with E-state index in [4.69, 9.17) is 4.74 Å². The number of aromatic nitrogens is 1. The van der Waals surface area contributed by atoms with Crippen LogP contribution in [-0.4, -0.2) is 24.5 Å². The minimum absolute atomic E-state index is 0.0108. The van der Waals surface area contributed by atoms with Crippen LogP contribution in [0.15, 0.2) is 48.7 Å². The number of hydrogen-bond donors (Lipinski definition) is 2. The van der Waals surface area contributed by atoms with Gasteiger partial charge in [-0.2, -0.15) is 0 Å². The smallest absolute Gasteiger partial charge is 0.224 e. The standard InChI is InChI=1S/C21H21FN2O2/c1-26-16-6-7-19-17(11-16)18(12-23-19)21(8-9-21)13-24-20(25)10-14-2-4-15(22)5-3-14/h2-7,11-12,23H,8-10,13H2,1H3,(H,24,25). The maximum absolute atomic E-state index is 13.0. The Hall–Kier alpha value is -2.82. The number of methoxy groups -OCH3 is 1. The molecule has 0 unspecified atom stereocenters. The molecule has 1 heterocycles. The van der Waals surface area contributed by atoms with E-state index in [-0.39, 0.29) is 23.6 Å². The molecule has 0 atom stereocenters. The number of benzene rings is 2. The van der Waals surface area contributed by atoms with Crippen LogP contribution in [0.5, 0.6) is 5.75 Å². The molecule has 0 radical (unpaired) electrons. The number of aromatic amines is 1. The highest BCUT2D eigenvalue weighted by molar-refractivity contribution is 5.86. The molecular formula is C21H21FN2O2. The molecule has 1 aliphatic carbocycles. The molecule has 3 aromatic rings. The predicted octanol–water partition coefficient (Wildman–Crippen LogP) is 3.71. The van der Waals surface area contributed by atoms with Gasteiger partial charge in [-0.1, -0.05) is 12.1 Å². The van der Waals surface area contributed by atoms with Crippen molar-refractivity contribution in [2.24, 2.45) is 0 Å². The number of carbonyl (C=O) groups is 1. The van der Waals surface area contributed by atoms with Crippen molar-refractivity contribution in [2.45, 2.75) is 24.7 Å². The molecular weight excluding hydrogens is 331 g/mol. The summed E-state index contributed by atoms with van der Waals surface area (Å²) in [5.74, 6) is 0.496. The molecule has 5 heteroatoms. The van der Waals surface area contributed by atoms with Gasteiger partial charge in [0, 0.05) is 29.1 Å². The van der Waals surface area contributed by atoms with Crippen molar-refractivity contribution in [2.75, 3.05) is 13.7 Å². The summed E-state index contributed by atoms with van der Waals surface area (Å²) >= 11 is 0. The third kappa shape index (κ3) is 3.17. The van der Waals surface area contributed by atoms with Crippen molar-refractivity contribution in [1.82, 2.24) is 10.3 Å². The molecule has 1 amide bonds. The second kappa shape index (κ2) is 6.48. The first-order chi connectivity index (χ1) is 12.6. The molecule has 4 nitrogen and oxygen atoms in total. The number of amides is 1. The largest absolute Gasteiger partial charge is 0.497 e. The maximum atomic E-state index is 13.0. The first kappa shape index (κ1) is 16.6. The Balaban J connectivity index is 1.46. The summed E-state index contributed by atoms with van der Waals surface area (Å²) in [5, 5.41) is 4.20. The van der Waals surface area contributed by atoms with Crippen LogP contribution < -0.4 is 10.1 Å². The molecule has 2 N–H and O–H groups in total. The number of ether oxygens (including phenoxy) is 1. The van der Waals surface area contributed by atoms with Gasteiger partial charge in [-0.25, -0.2) is 4.39 Å². The summed E-state index contributed by atoms with van der Waals surface area (Å²) < 4.78 is 18.3. The zero-order chi connectivity index (χ0) is 18.1. The summed E-state index contributed by atoms with van der Waals surface area (Å²) in [4.78, 5) is 15.6. The van der Waals surface area contributed by atoms with Gasteiger partial charge in [0.1, 0.15) is 11.6 Å². The highest BCUT2D eigenvalue weighted by atomic mass is 19.1. The number of rotatable bonds is 6. The third-order valence-electron chi connectivity index (χ3n) is 5.22. The average molecular weight is 352 g/mol. The van der Waals surface area contributed by atoms with Crippen molar-refractivity contribution in [3.05, 3.63) is 65.6 Å². The molecule has 1 aliphatic rings. The van der Waals surface area contributed by atoms with E-state index in [2.05, 4.69) is 10.3 Å². The molecule has 134 valence electrons. The Labute approximate surface area is 151 Å². The van der Waals surface area contributed by atoms with Crippen LogP contribution in [0.2, 0.25) is 0 Å². The van der Waals surface area contributed by atoms with Gasteiger partial charge in [0.15, 0.2) is 0 Å². The zero-order valence-corrected chi connectivity index (χ0v) is 14.6. The third-order valence-corrected chi connectivity index (χ3v) is 5.22. The van der Waals surface area contributed by atoms with Crippen LogP contribution in [0, 0.1) is 5.82 Å². The Morgan fingerprint density at radius 2 is 2.00 bits per heavy atom. The zero-order valence-electron chi connectivity index (χ0n) is 14.6. The first-order valence-electron chi connectivity index (χ1n) is 8.76. The Kier molecular flexibility index (Phi) is 4.15. The number of nitrogens with one attached hydrogen (secondary N) is 2. The van der Waals surface area contributed by atoms with Gasteiger partial charge in [0.05, 0.1) is 13.5 Å². The van der Waals surface area contributed by atoms with E-state index in [0.717, 1.165) is 35.1 Å². The lowest BCUT2D eigenvalue weighted by atomic mass is 9.95. The quantitative estimate of drug-likeness (QED) is 0.711. The van der Waals surface area contributed by atoms with E-state index in [9.17, 15) is 9.18 Å². The van der Waals surface area contributed by atoms with Crippen molar-refractivity contribution in [1.29, 1.82) is 0 Å². The fraction of sp³-hybridized carbons (Fsp3) is 0.286. The minimum Gasteiger partial charge on any atom is -0.497 e. The van der Waals surface area contributed by atoms with E-state index in [1.54, 1.807) is 19.2 Å². The van der Waals surface area contributed by atoms with E-state index < -0.39 is 0 Å². The molecule has 1 saturated carbocycles. The number of hydrogen-bond acceptors (Lipinski definition) is 2. The highest BCUT2D eigenvalue weighted by Crippen LogP contribution is 2.50. The van der Waals surface area contributed by atoms with Crippen molar-refractivity contribution in [3.8, 4) is 5.75 Å². The second-order valence-corrected chi connectivity index (χ2v) is 6.97. The highest BCUT2D eigenvalue weighted by Gasteiger charge is 2.45. The Morgan fingerprint density at radius 1 is 1.23 bits per heavy atom. The molecule has 0 spiro atoms. The van der Waals surface area contributed by atoms with Gasteiger partial charge < -0.3 is 15.0 Å². The Morgan fingerprint density at radius 3 is 2.69 bits per heavy atom. The van der Waals surface area contributed by atoms with Crippen molar-refractivity contribution < 1.29 is 13.9 Å². The second-order valence-electron chi connectivity index (χ2n) is 6.97. The molecule has 4 rings (SSSR count). The van der Waals surface area contributed by atoms with E-state index in [0.29, 0.717) is 6.54 Å². The van der Waals surface area contributed by atoms with Crippen LogP contribution in [0.3, 0.4) is 0 Å². The molecule has 0 saturated heterocycles. The molecule has 1 fully saturated rings. The summed E-state index contributed by atoms with van der Waals surface area (Å²) in [7, 11) is 1.66. The molecule has 0 aliphatic heterocycles. The lowest BCUT2D eigenvalue weighted by molar-refractivity contribution is -0.120. The summed E-state index contributed by atoms with van der Waals surface area (Å²) in [6.45, 7) is 0.608. The summed E-state index contributed by atoms with van der Waals surface area (Å²) in [6.07, 6.45) is 4.41. The SMILES string of the molecule is COc1ccc2[nH]cc(C3(CNC(=O)Cc4ccc(F)cc4)CC3)c2c1. The minimum atomic E-state index is -0.291. The number of halogens is 1. The molecule has 2 aromatic carbocycles. The van der Waals surface area contributed by atoms with Crippen LogP contribution in [0.4, 0.5) is 4.39 Å². The molecule has 26 heavy (non-hydrogen) atoms. The van der Waals surface area contributed by atoms with Crippen LogP contribution in [0.1, 0.15) is 24.0 Å². The lowest BCUT2D eigenvalue weighted by Crippen LogP contribution is -2.33. The van der Waals surface area contributed by atoms with Gasteiger partial charge >= 0.3 is 0 Å². The Bertz CT molecular complexity index is 942. The maximum Gasteiger partial charge on any atom is 0.224 e. The normalized spacial score (nSPS) is 15.0. The van der Waals surface area contributed by atoms with E-state index >= 15 is 0 Å². The van der Waals surface area contributed by atoms with Crippen LogP contribution in [-0.2, 0) is 16.6 Å². The van der Waals surface area contributed by atoms with Crippen molar-refractivity contribution >= 4 is 16.8 Å². The molecule has 0 bridgehead atoms. The van der Waals surface area contributed by atoms with Gasteiger partial charge in [-0.3, -0.25) is 4.79 Å². The number of fused-ring (bicyclic) bond motifs is 1. The summed E-state index contributed by atoms with van der Waals surface area (Å²) in [6, 6.07) is 12.0. The monoisotopic (exact) mass is 352 g/mol. The first-order valence-corrected chi connectivity index (χ1v) is 8.76. The average Bonchev–Trinajstić information content (AvgIpc) is 3.32. The van der Waals surface area contributed by atoms with E-state index in [1.165, 1.54) is 17.7 Å². The van der Waals surface area contributed by atoms with Crippen LogP contribution in [0.25, 0.3) is 10.9 Å². The topological polar surface area (TPSA) is 54.1 Å². The predicted molar refractivity (Wildman–Crippen MR) is 98.9 cm³/mol. The lowest BCUT2D eigenvalue weighted by Gasteiger charge is -2.16. The van der Waals surface area contributed by atoms with Gasteiger partial charge in [0.25, 0.3) is 0 Å².